The number of anilines is 2. The predicted molar refractivity (Wildman–Crippen MR) is 125 cm³/mol. The van der Waals surface area contributed by atoms with Gasteiger partial charge in [-0.05, 0) is 81.1 Å². The number of aliphatic hydroxyl groups is 1. The largest absolute Gasteiger partial charge is 0.444 e. The van der Waals surface area contributed by atoms with Crippen LogP contribution in [-0.2, 0) is 9.53 Å². The Morgan fingerprint density at radius 1 is 1.00 bits per heavy atom. The van der Waals surface area contributed by atoms with Gasteiger partial charge in [0.05, 0.1) is 17.5 Å². The summed E-state index contributed by atoms with van der Waals surface area (Å²) in [6.07, 6.45) is 2.00. The van der Waals surface area contributed by atoms with Crippen LogP contribution in [0.4, 0.5) is 16.2 Å². The lowest BCUT2D eigenvalue weighted by Crippen LogP contribution is -2.27. The van der Waals surface area contributed by atoms with Crippen molar-refractivity contribution in [3.63, 3.8) is 0 Å². The zero-order valence-corrected chi connectivity index (χ0v) is 19.1. The normalized spacial score (nSPS) is 15.4. The first-order chi connectivity index (χ1) is 15.5. The van der Waals surface area contributed by atoms with Crippen LogP contribution in [0, 0.1) is 0 Å². The van der Waals surface area contributed by atoms with Crippen molar-refractivity contribution in [2.24, 2.45) is 0 Å². The third kappa shape index (κ3) is 6.92. The molecule has 33 heavy (non-hydrogen) atoms. The average Bonchev–Trinajstić information content (AvgIpc) is 3.14. The Kier molecular flexibility index (Phi) is 7.18. The van der Waals surface area contributed by atoms with Crippen molar-refractivity contribution in [2.75, 3.05) is 10.6 Å². The fourth-order valence-electron chi connectivity index (χ4n) is 3.35. The van der Waals surface area contributed by atoms with Crippen LogP contribution in [0.1, 0.15) is 56.5 Å². The highest BCUT2D eigenvalue weighted by Crippen LogP contribution is 2.33. The van der Waals surface area contributed by atoms with E-state index in [1.165, 1.54) is 31.2 Å². The maximum absolute atomic E-state index is 12.9. The summed E-state index contributed by atoms with van der Waals surface area (Å²) in [5.41, 5.74) is 2.22. The fourth-order valence-corrected chi connectivity index (χ4v) is 3.35. The molecule has 2 amide bonds. The van der Waals surface area contributed by atoms with Crippen LogP contribution in [0.15, 0.2) is 48.5 Å². The molecule has 0 radical (unpaired) electrons. The molecule has 1 aliphatic rings. The molecular weight excluding hydrogens is 424 g/mol. The smallest absolute Gasteiger partial charge is 0.412 e. The predicted octanol–water partition coefficient (Wildman–Crippen LogP) is 4.75. The van der Waals surface area contributed by atoms with Crippen LogP contribution in [0.25, 0.3) is 5.57 Å². The van der Waals surface area contributed by atoms with Crippen molar-refractivity contribution in [1.82, 2.24) is 0 Å². The molecule has 2 aromatic carbocycles. The van der Waals surface area contributed by atoms with Crippen molar-refractivity contribution >= 4 is 34.9 Å². The quantitative estimate of drug-likeness (QED) is 0.446. The van der Waals surface area contributed by atoms with E-state index in [-0.39, 0.29) is 0 Å². The molecular formula is C25H28N2O6. The Balaban J connectivity index is 1.86. The molecule has 0 aliphatic heterocycles. The number of ether oxygens (including phenoxy) is 2. The van der Waals surface area contributed by atoms with E-state index >= 15 is 0 Å². The van der Waals surface area contributed by atoms with E-state index in [4.69, 9.17) is 9.47 Å². The summed E-state index contributed by atoms with van der Waals surface area (Å²) in [4.78, 5) is 36.3. The van der Waals surface area contributed by atoms with Gasteiger partial charge in [-0.3, -0.25) is 14.9 Å². The van der Waals surface area contributed by atoms with Crippen LogP contribution in [-0.4, -0.2) is 34.8 Å². The second-order valence-corrected chi connectivity index (χ2v) is 8.76. The van der Waals surface area contributed by atoms with Crippen LogP contribution < -0.4 is 15.4 Å². The SMILES string of the molecule is CC(=O)Oc1ccc(C(=O)Nc2cc(C3=CC(O)CC3)ccc2NC(=O)OC(C)(C)C)cc1. The number of allylic oxidation sites excluding steroid dienone is 1. The van der Waals surface area contributed by atoms with Crippen molar-refractivity contribution in [3.8, 4) is 5.75 Å². The van der Waals surface area contributed by atoms with Gasteiger partial charge in [-0.15, -0.1) is 0 Å². The van der Waals surface area contributed by atoms with E-state index in [1.54, 1.807) is 39.0 Å². The fraction of sp³-hybridized carbons (Fsp3) is 0.320. The molecule has 8 nitrogen and oxygen atoms in total. The van der Waals surface area contributed by atoms with E-state index in [0.29, 0.717) is 35.5 Å². The first kappa shape index (κ1) is 24.0. The molecule has 0 heterocycles. The van der Waals surface area contributed by atoms with Crippen LogP contribution in [0.3, 0.4) is 0 Å². The molecule has 3 N–H and O–H groups in total. The maximum Gasteiger partial charge on any atom is 0.412 e. The van der Waals surface area contributed by atoms with Crippen LogP contribution in [0.5, 0.6) is 5.75 Å². The Morgan fingerprint density at radius 3 is 2.27 bits per heavy atom. The highest BCUT2D eigenvalue weighted by atomic mass is 16.6. The minimum atomic E-state index is -0.679. The minimum Gasteiger partial charge on any atom is -0.444 e. The summed E-state index contributed by atoms with van der Waals surface area (Å²) >= 11 is 0. The van der Waals surface area contributed by atoms with Gasteiger partial charge in [-0.2, -0.15) is 0 Å². The standard InChI is InChI=1S/C25H28N2O6/c1-15(28)32-20-10-6-16(7-11-20)23(30)26-22-14-18(17-5-9-19(29)13-17)8-12-21(22)27-24(31)33-25(2,3)4/h6-8,10-14,19,29H,5,9H2,1-4H3,(H,26,30)(H,27,31). The Hall–Kier alpha value is -3.65. The van der Waals surface area contributed by atoms with E-state index in [0.717, 1.165) is 11.1 Å². The van der Waals surface area contributed by atoms with E-state index in [9.17, 15) is 19.5 Å². The van der Waals surface area contributed by atoms with Gasteiger partial charge in [-0.25, -0.2) is 4.79 Å². The van der Waals surface area contributed by atoms with Gasteiger partial charge in [0.2, 0.25) is 0 Å². The molecule has 2 aromatic rings. The maximum atomic E-state index is 12.9. The first-order valence-corrected chi connectivity index (χ1v) is 10.6. The van der Waals surface area contributed by atoms with Gasteiger partial charge in [-0.1, -0.05) is 12.1 Å². The molecule has 8 heteroatoms. The van der Waals surface area contributed by atoms with E-state index in [1.807, 2.05) is 6.07 Å². The van der Waals surface area contributed by atoms with Gasteiger partial charge in [0, 0.05) is 12.5 Å². The van der Waals surface area contributed by atoms with E-state index < -0.39 is 29.7 Å². The number of rotatable bonds is 5. The summed E-state index contributed by atoms with van der Waals surface area (Å²) in [7, 11) is 0. The molecule has 0 aromatic heterocycles. The second kappa shape index (κ2) is 9.87. The zero-order valence-electron chi connectivity index (χ0n) is 19.1. The van der Waals surface area contributed by atoms with Crippen molar-refractivity contribution in [1.29, 1.82) is 0 Å². The van der Waals surface area contributed by atoms with Crippen LogP contribution >= 0.6 is 0 Å². The van der Waals surface area contributed by atoms with Gasteiger partial charge >= 0.3 is 12.1 Å². The number of benzene rings is 2. The number of nitrogens with one attached hydrogen (secondary N) is 2. The minimum absolute atomic E-state index is 0.333. The number of aliphatic hydroxyl groups excluding tert-OH is 1. The van der Waals surface area contributed by atoms with E-state index in [2.05, 4.69) is 10.6 Å². The van der Waals surface area contributed by atoms with Crippen molar-refractivity contribution < 1.29 is 29.0 Å². The molecule has 174 valence electrons. The molecule has 0 bridgehead atoms. The zero-order chi connectivity index (χ0) is 24.2. The molecule has 3 rings (SSSR count). The Bertz CT molecular complexity index is 1080. The summed E-state index contributed by atoms with van der Waals surface area (Å²) in [5.74, 6) is -0.525. The molecule has 0 fully saturated rings. The number of carbonyl (C=O) groups is 3. The number of hydrogen-bond donors (Lipinski definition) is 3. The Morgan fingerprint density at radius 2 is 1.70 bits per heavy atom. The molecule has 1 unspecified atom stereocenters. The third-order valence-electron chi connectivity index (χ3n) is 4.76. The van der Waals surface area contributed by atoms with Gasteiger partial charge in [0.1, 0.15) is 11.4 Å². The number of hydrogen-bond acceptors (Lipinski definition) is 6. The number of esters is 1. The summed E-state index contributed by atoms with van der Waals surface area (Å²) < 4.78 is 10.3. The van der Waals surface area contributed by atoms with Crippen molar-refractivity contribution in [3.05, 3.63) is 59.7 Å². The lowest BCUT2D eigenvalue weighted by atomic mass is 10.0. The third-order valence-corrected chi connectivity index (χ3v) is 4.76. The number of carbonyl (C=O) groups excluding carboxylic acids is 3. The molecule has 0 spiro atoms. The Labute approximate surface area is 192 Å². The van der Waals surface area contributed by atoms with Crippen LogP contribution in [0.2, 0.25) is 0 Å². The lowest BCUT2D eigenvalue weighted by Gasteiger charge is -2.21. The molecule has 1 atom stereocenters. The average molecular weight is 453 g/mol. The summed E-state index contributed by atoms with van der Waals surface area (Å²) in [5, 5.41) is 15.3. The first-order valence-electron chi connectivity index (χ1n) is 10.6. The van der Waals surface area contributed by atoms with Gasteiger partial charge in [0.25, 0.3) is 5.91 Å². The van der Waals surface area contributed by atoms with Gasteiger partial charge in [0.15, 0.2) is 0 Å². The highest BCUT2D eigenvalue weighted by Gasteiger charge is 2.20. The summed E-state index contributed by atoms with van der Waals surface area (Å²) in [6.45, 7) is 6.58. The summed E-state index contributed by atoms with van der Waals surface area (Å²) in [6, 6.07) is 11.4. The number of amides is 2. The molecule has 1 aliphatic carbocycles. The van der Waals surface area contributed by atoms with Crippen molar-refractivity contribution in [2.45, 2.75) is 52.2 Å². The topological polar surface area (TPSA) is 114 Å². The molecule has 0 saturated carbocycles. The second-order valence-electron chi connectivity index (χ2n) is 8.76. The van der Waals surface area contributed by atoms with Gasteiger partial charge < -0.3 is 19.9 Å². The monoisotopic (exact) mass is 452 g/mol. The highest BCUT2D eigenvalue weighted by molar-refractivity contribution is 6.07. The lowest BCUT2D eigenvalue weighted by molar-refractivity contribution is -0.131. The molecule has 0 saturated heterocycles.